The van der Waals surface area contributed by atoms with Crippen molar-refractivity contribution >= 4 is 23.0 Å². The van der Waals surface area contributed by atoms with Crippen LogP contribution in [0.25, 0.3) is 0 Å². The lowest BCUT2D eigenvalue weighted by Crippen LogP contribution is -3.12. The third-order valence-corrected chi connectivity index (χ3v) is 6.73. The zero-order chi connectivity index (χ0) is 24.0. The Hall–Kier alpha value is -2.84. The van der Waals surface area contributed by atoms with Crippen LogP contribution in [0.2, 0.25) is 0 Å². The molecular formula is C25H32N2O5S. The number of Topliss-reactive ketones (excluding diaryl/α,β-unsaturated/α-hetero) is 1. The molecule has 0 saturated carbocycles. The van der Waals surface area contributed by atoms with Crippen LogP contribution in [0.4, 0.5) is 0 Å². The van der Waals surface area contributed by atoms with E-state index in [4.69, 9.17) is 9.47 Å². The lowest BCUT2D eigenvalue weighted by atomic mass is 9.95. The van der Waals surface area contributed by atoms with Gasteiger partial charge >= 0.3 is 0 Å². The molecule has 1 unspecified atom stereocenters. The van der Waals surface area contributed by atoms with E-state index in [1.807, 2.05) is 19.9 Å². The molecule has 1 amide bonds. The number of thiophene rings is 1. The summed E-state index contributed by atoms with van der Waals surface area (Å²) in [4.78, 5) is 29.7. The second-order valence-electron chi connectivity index (χ2n) is 7.73. The summed E-state index contributed by atoms with van der Waals surface area (Å²) in [5, 5.41) is 14.9. The van der Waals surface area contributed by atoms with E-state index in [-0.39, 0.29) is 5.57 Å². The molecule has 3 rings (SSSR count). The van der Waals surface area contributed by atoms with Gasteiger partial charge in [-0.1, -0.05) is 12.1 Å². The van der Waals surface area contributed by atoms with Crippen molar-refractivity contribution in [1.82, 2.24) is 4.90 Å². The van der Waals surface area contributed by atoms with Crippen molar-refractivity contribution in [2.75, 3.05) is 39.4 Å². The zero-order valence-electron chi connectivity index (χ0n) is 19.7. The van der Waals surface area contributed by atoms with E-state index in [9.17, 15) is 14.7 Å². The Bertz CT molecular complexity index is 998. The molecule has 0 fully saturated rings. The van der Waals surface area contributed by atoms with Crippen LogP contribution >= 0.6 is 11.3 Å². The van der Waals surface area contributed by atoms with Crippen LogP contribution in [-0.4, -0.2) is 56.0 Å². The summed E-state index contributed by atoms with van der Waals surface area (Å²) in [6.07, 6.45) is 0. The fourth-order valence-electron chi connectivity index (χ4n) is 4.11. The Morgan fingerprint density at radius 2 is 1.79 bits per heavy atom. The summed E-state index contributed by atoms with van der Waals surface area (Å²) in [5.41, 5.74) is 0.666. The first kappa shape index (κ1) is 24.8. The molecule has 1 aliphatic heterocycles. The van der Waals surface area contributed by atoms with Crippen molar-refractivity contribution in [3.63, 3.8) is 0 Å². The molecule has 7 nitrogen and oxygen atoms in total. The SMILES string of the molecule is CCOc1ccc(C2C(C(=O)c3cccs3)=C([O-])C(=O)N2CC[NH+](CC)CC)cc1OCC. The average molecular weight is 473 g/mol. The monoisotopic (exact) mass is 472 g/mol. The number of hydrogen-bond acceptors (Lipinski definition) is 6. The molecular weight excluding hydrogens is 440 g/mol. The predicted molar refractivity (Wildman–Crippen MR) is 126 cm³/mol. The van der Waals surface area contributed by atoms with E-state index in [2.05, 4.69) is 13.8 Å². The quantitative estimate of drug-likeness (QED) is 0.477. The van der Waals surface area contributed by atoms with Crippen LogP contribution in [0.1, 0.15) is 49.0 Å². The molecule has 0 saturated heterocycles. The summed E-state index contributed by atoms with van der Waals surface area (Å²) in [5.74, 6) is -0.624. The Morgan fingerprint density at radius 3 is 2.39 bits per heavy atom. The van der Waals surface area contributed by atoms with E-state index in [0.29, 0.717) is 48.2 Å². The largest absolute Gasteiger partial charge is 0.868 e. The number of amides is 1. The molecule has 2 aromatic rings. The van der Waals surface area contributed by atoms with Gasteiger partial charge in [-0.25, -0.2) is 0 Å². The van der Waals surface area contributed by atoms with E-state index >= 15 is 0 Å². The number of carbonyl (C=O) groups excluding carboxylic acids is 2. The third-order valence-electron chi connectivity index (χ3n) is 5.86. The van der Waals surface area contributed by atoms with Gasteiger partial charge in [0.2, 0.25) is 11.7 Å². The predicted octanol–water partition coefficient (Wildman–Crippen LogP) is 1.85. The topological polar surface area (TPSA) is 83.3 Å². The number of ether oxygens (including phenoxy) is 2. The Balaban J connectivity index is 2.06. The standard InChI is InChI=1S/C25H32N2O5S/c1-5-26(6-2)13-14-27-22(17-11-12-18(31-7-3)19(16-17)32-8-4)21(24(29)25(27)30)23(28)20-10-9-15-33-20/h9-12,15-16,22,29H,5-8,13-14H2,1-4H3. The summed E-state index contributed by atoms with van der Waals surface area (Å²) in [6.45, 7) is 11.8. The molecule has 1 atom stereocenters. The van der Waals surface area contributed by atoms with Gasteiger partial charge in [-0.15, -0.1) is 11.3 Å². The number of hydrogen-bond donors (Lipinski definition) is 1. The second-order valence-corrected chi connectivity index (χ2v) is 8.68. The maximum Gasteiger partial charge on any atom is 0.240 e. The van der Waals surface area contributed by atoms with Gasteiger partial charge in [-0.2, -0.15) is 0 Å². The normalized spacial score (nSPS) is 16.1. The van der Waals surface area contributed by atoms with Gasteiger partial charge in [0.05, 0.1) is 50.3 Å². The first-order chi connectivity index (χ1) is 16.0. The van der Waals surface area contributed by atoms with E-state index in [1.165, 1.54) is 16.2 Å². The highest BCUT2D eigenvalue weighted by atomic mass is 32.1. The molecule has 8 heteroatoms. The van der Waals surface area contributed by atoms with Gasteiger partial charge in [0.15, 0.2) is 11.5 Å². The molecule has 0 radical (unpaired) electrons. The van der Waals surface area contributed by atoms with Crippen molar-refractivity contribution in [1.29, 1.82) is 0 Å². The van der Waals surface area contributed by atoms with E-state index in [0.717, 1.165) is 13.1 Å². The van der Waals surface area contributed by atoms with Gasteiger partial charge in [-0.05, 0) is 62.6 Å². The summed E-state index contributed by atoms with van der Waals surface area (Å²) in [6, 6.07) is 8.05. The number of rotatable bonds is 12. The molecule has 0 spiro atoms. The first-order valence-electron chi connectivity index (χ1n) is 11.5. The molecule has 1 N–H and O–H groups in total. The molecule has 1 aliphatic rings. The maximum absolute atomic E-state index is 13.3. The van der Waals surface area contributed by atoms with Gasteiger partial charge < -0.3 is 24.4 Å². The van der Waals surface area contributed by atoms with Crippen molar-refractivity contribution in [3.8, 4) is 11.5 Å². The first-order valence-corrected chi connectivity index (χ1v) is 12.4. The molecule has 0 aliphatic carbocycles. The molecule has 0 bridgehead atoms. The van der Waals surface area contributed by atoms with Crippen LogP contribution < -0.4 is 19.5 Å². The molecule has 1 aromatic heterocycles. The number of likely N-dealkylation sites (N-methyl/N-ethyl adjacent to an activating group) is 1. The van der Waals surface area contributed by atoms with Gasteiger partial charge in [-0.3, -0.25) is 9.59 Å². The Kier molecular flexibility index (Phi) is 8.52. The second kappa shape index (κ2) is 11.3. The number of nitrogens with zero attached hydrogens (tertiary/aromatic N) is 1. The van der Waals surface area contributed by atoms with Crippen molar-refractivity contribution in [2.45, 2.75) is 33.7 Å². The molecule has 2 heterocycles. The smallest absolute Gasteiger partial charge is 0.240 e. The van der Waals surface area contributed by atoms with Gasteiger partial charge in [0.25, 0.3) is 0 Å². The minimum Gasteiger partial charge on any atom is -0.868 e. The summed E-state index contributed by atoms with van der Waals surface area (Å²) >= 11 is 1.26. The van der Waals surface area contributed by atoms with E-state index < -0.39 is 23.5 Å². The van der Waals surface area contributed by atoms with Crippen LogP contribution in [0.15, 0.2) is 47.0 Å². The number of carbonyl (C=O) groups is 2. The number of nitrogens with one attached hydrogen (secondary N) is 1. The molecule has 33 heavy (non-hydrogen) atoms. The fraction of sp³-hybridized carbons (Fsp3) is 0.440. The van der Waals surface area contributed by atoms with Crippen LogP contribution in [0.5, 0.6) is 11.5 Å². The summed E-state index contributed by atoms with van der Waals surface area (Å²) < 4.78 is 11.4. The maximum atomic E-state index is 13.3. The number of quaternary nitrogens is 1. The fourth-order valence-corrected chi connectivity index (χ4v) is 4.79. The third kappa shape index (κ3) is 5.23. The van der Waals surface area contributed by atoms with Crippen LogP contribution in [0.3, 0.4) is 0 Å². The lowest BCUT2D eigenvalue weighted by molar-refractivity contribution is -0.895. The van der Waals surface area contributed by atoms with Crippen molar-refractivity contribution in [2.24, 2.45) is 0 Å². The number of benzene rings is 1. The van der Waals surface area contributed by atoms with Crippen molar-refractivity contribution < 1.29 is 29.1 Å². The van der Waals surface area contributed by atoms with Crippen LogP contribution in [0, 0.1) is 0 Å². The highest BCUT2D eigenvalue weighted by Gasteiger charge is 2.40. The molecule has 1 aromatic carbocycles. The van der Waals surface area contributed by atoms with E-state index in [1.54, 1.807) is 34.5 Å². The highest BCUT2D eigenvalue weighted by molar-refractivity contribution is 7.12. The van der Waals surface area contributed by atoms with Gasteiger partial charge in [0, 0.05) is 5.57 Å². The number of ketones is 1. The average Bonchev–Trinajstić information content (AvgIpc) is 3.44. The summed E-state index contributed by atoms with van der Waals surface area (Å²) in [7, 11) is 0. The van der Waals surface area contributed by atoms with Gasteiger partial charge in [0.1, 0.15) is 0 Å². The minimum atomic E-state index is -0.760. The Labute approximate surface area is 199 Å². The minimum absolute atomic E-state index is 0.00334. The zero-order valence-corrected chi connectivity index (χ0v) is 20.5. The highest BCUT2D eigenvalue weighted by Crippen LogP contribution is 2.41. The van der Waals surface area contributed by atoms with Crippen molar-refractivity contribution in [3.05, 3.63) is 57.5 Å². The molecule has 178 valence electrons. The van der Waals surface area contributed by atoms with Crippen LogP contribution in [-0.2, 0) is 4.79 Å². The Morgan fingerprint density at radius 1 is 1.09 bits per heavy atom. The lowest BCUT2D eigenvalue weighted by Gasteiger charge is -2.29.